The summed E-state index contributed by atoms with van der Waals surface area (Å²) in [5, 5.41) is 6.31. The van der Waals surface area contributed by atoms with Crippen molar-refractivity contribution in [2.24, 2.45) is 5.92 Å². The molecule has 56 valence electrons. The minimum absolute atomic E-state index is 0.804. The quantitative estimate of drug-likeness (QED) is 0.425. The molecular weight excluding hydrogens is 112 g/mol. The molecule has 0 radical (unpaired) electrons. The van der Waals surface area contributed by atoms with E-state index >= 15 is 0 Å². The van der Waals surface area contributed by atoms with Crippen LogP contribution in [0.5, 0.6) is 0 Å². The van der Waals surface area contributed by atoms with E-state index in [1.165, 1.54) is 6.42 Å². The lowest BCUT2D eigenvalue weighted by atomic mass is 10.1. The van der Waals surface area contributed by atoms with Gasteiger partial charge in [-0.1, -0.05) is 20.3 Å². The van der Waals surface area contributed by atoms with E-state index in [1.807, 2.05) is 7.05 Å². The van der Waals surface area contributed by atoms with Gasteiger partial charge < -0.3 is 10.6 Å². The molecule has 0 aromatic heterocycles. The largest absolute Gasteiger partial charge is 0.308 e. The highest BCUT2D eigenvalue weighted by molar-refractivity contribution is 4.51. The van der Waals surface area contributed by atoms with Crippen LogP contribution in [0, 0.1) is 5.92 Å². The zero-order valence-electron chi connectivity index (χ0n) is 6.70. The fourth-order valence-corrected chi connectivity index (χ4v) is 0.588. The molecule has 0 spiro atoms. The van der Waals surface area contributed by atoms with Crippen LogP contribution in [0.1, 0.15) is 20.3 Å². The first-order valence-electron chi connectivity index (χ1n) is 3.66. The highest BCUT2D eigenvalue weighted by atomic mass is 15.0. The molecule has 0 aromatic rings. The Labute approximate surface area is 58.0 Å². The van der Waals surface area contributed by atoms with Gasteiger partial charge in [-0.05, 0) is 19.5 Å². The fraction of sp³-hybridized carbons (Fsp3) is 1.00. The predicted molar refractivity (Wildman–Crippen MR) is 41.4 cm³/mol. The Bertz CT molecular complexity index is 54.9. The van der Waals surface area contributed by atoms with Crippen molar-refractivity contribution in [2.45, 2.75) is 20.3 Å². The molecule has 1 atom stereocenters. The molecule has 0 amide bonds. The third-order valence-corrected chi connectivity index (χ3v) is 1.49. The Hall–Kier alpha value is -0.0800. The Morgan fingerprint density at radius 3 is 2.56 bits per heavy atom. The van der Waals surface area contributed by atoms with Crippen molar-refractivity contribution in [3.63, 3.8) is 0 Å². The van der Waals surface area contributed by atoms with Gasteiger partial charge in [0, 0.05) is 6.67 Å². The van der Waals surface area contributed by atoms with Crippen molar-refractivity contribution < 1.29 is 0 Å². The van der Waals surface area contributed by atoms with E-state index in [9.17, 15) is 0 Å². The summed E-state index contributed by atoms with van der Waals surface area (Å²) >= 11 is 0. The second kappa shape index (κ2) is 6.05. The van der Waals surface area contributed by atoms with Crippen LogP contribution in [0.4, 0.5) is 0 Å². The minimum atomic E-state index is 0.804. The van der Waals surface area contributed by atoms with Crippen LogP contribution < -0.4 is 10.6 Å². The van der Waals surface area contributed by atoms with Gasteiger partial charge in [0.25, 0.3) is 0 Å². The third kappa shape index (κ3) is 5.80. The van der Waals surface area contributed by atoms with Crippen LogP contribution in [-0.2, 0) is 0 Å². The molecule has 0 bridgehead atoms. The van der Waals surface area contributed by atoms with Gasteiger partial charge in [0.2, 0.25) is 0 Å². The Balaban J connectivity index is 2.88. The molecule has 0 aliphatic carbocycles. The molecule has 0 heterocycles. The Morgan fingerprint density at radius 1 is 1.44 bits per heavy atom. The standard InChI is InChI=1S/C7H18N2/c1-4-7(2)5-9-6-8-3/h7-9H,4-6H2,1-3H3. The highest BCUT2D eigenvalue weighted by Crippen LogP contribution is 1.95. The molecule has 2 nitrogen and oxygen atoms in total. The van der Waals surface area contributed by atoms with Crippen molar-refractivity contribution in [1.29, 1.82) is 0 Å². The highest BCUT2D eigenvalue weighted by Gasteiger charge is 1.94. The van der Waals surface area contributed by atoms with Crippen molar-refractivity contribution >= 4 is 0 Å². The molecule has 0 fully saturated rings. The molecule has 0 saturated carbocycles. The van der Waals surface area contributed by atoms with Gasteiger partial charge in [0.05, 0.1) is 0 Å². The normalized spacial score (nSPS) is 13.7. The van der Waals surface area contributed by atoms with Gasteiger partial charge in [0.1, 0.15) is 0 Å². The number of hydrogen-bond donors (Lipinski definition) is 2. The lowest BCUT2D eigenvalue weighted by Crippen LogP contribution is -2.29. The molecule has 0 aliphatic heterocycles. The zero-order chi connectivity index (χ0) is 7.11. The molecule has 0 saturated heterocycles. The monoisotopic (exact) mass is 130 g/mol. The summed E-state index contributed by atoms with van der Waals surface area (Å²) in [5.41, 5.74) is 0. The fourth-order valence-electron chi connectivity index (χ4n) is 0.588. The van der Waals surface area contributed by atoms with Crippen LogP contribution in [0.25, 0.3) is 0 Å². The number of hydrogen-bond acceptors (Lipinski definition) is 2. The van der Waals surface area contributed by atoms with Crippen molar-refractivity contribution in [2.75, 3.05) is 20.3 Å². The van der Waals surface area contributed by atoms with E-state index < -0.39 is 0 Å². The van der Waals surface area contributed by atoms with Crippen molar-refractivity contribution in [1.82, 2.24) is 10.6 Å². The van der Waals surface area contributed by atoms with Crippen LogP contribution >= 0.6 is 0 Å². The van der Waals surface area contributed by atoms with E-state index in [1.54, 1.807) is 0 Å². The second-order valence-corrected chi connectivity index (χ2v) is 2.50. The smallest absolute Gasteiger partial charge is 0.0451 e. The summed E-state index contributed by atoms with van der Waals surface area (Å²) in [4.78, 5) is 0. The summed E-state index contributed by atoms with van der Waals surface area (Å²) < 4.78 is 0. The second-order valence-electron chi connectivity index (χ2n) is 2.50. The van der Waals surface area contributed by atoms with Crippen molar-refractivity contribution in [3.05, 3.63) is 0 Å². The maximum atomic E-state index is 3.27. The minimum Gasteiger partial charge on any atom is -0.308 e. The molecular formula is C7H18N2. The van der Waals surface area contributed by atoms with Crippen LogP contribution in [0.2, 0.25) is 0 Å². The maximum absolute atomic E-state index is 3.27. The SMILES string of the molecule is CCC(C)CNCNC. The van der Waals surface area contributed by atoms with E-state index in [2.05, 4.69) is 24.5 Å². The Morgan fingerprint density at radius 2 is 2.11 bits per heavy atom. The maximum Gasteiger partial charge on any atom is 0.0451 e. The number of nitrogens with one attached hydrogen (secondary N) is 2. The predicted octanol–water partition coefficient (Wildman–Crippen LogP) is 0.799. The van der Waals surface area contributed by atoms with Gasteiger partial charge in [0.15, 0.2) is 0 Å². The average Bonchev–Trinajstić information content (AvgIpc) is 1.89. The molecule has 1 unspecified atom stereocenters. The molecule has 0 aromatic carbocycles. The first kappa shape index (κ1) is 8.92. The van der Waals surface area contributed by atoms with Crippen LogP contribution in [-0.4, -0.2) is 20.3 Å². The molecule has 2 N–H and O–H groups in total. The lowest BCUT2D eigenvalue weighted by Gasteiger charge is -2.08. The van der Waals surface area contributed by atoms with Crippen LogP contribution in [0.3, 0.4) is 0 Å². The average molecular weight is 130 g/mol. The van der Waals surface area contributed by atoms with E-state index in [0.29, 0.717) is 0 Å². The van der Waals surface area contributed by atoms with Gasteiger partial charge in [-0.25, -0.2) is 0 Å². The van der Waals surface area contributed by atoms with Crippen LogP contribution in [0.15, 0.2) is 0 Å². The van der Waals surface area contributed by atoms with E-state index in [0.717, 1.165) is 19.1 Å². The first-order chi connectivity index (χ1) is 4.31. The number of rotatable bonds is 5. The van der Waals surface area contributed by atoms with Gasteiger partial charge in [-0.15, -0.1) is 0 Å². The van der Waals surface area contributed by atoms with E-state index in [4.69, 9.17) is 0 Å². The molecule has 0 aliphatic rings. The molecule has 0 rings (SSSR count). The summed E-state index contributed by atoms with van der Waals surface area (Å²) in [6.07, 6.45) is 1.26. The zero-order valence-corrected chi connectivity index (χ0v) is 6.70. The van der Waals surface area contributed by atoms with Gasteiger partial charge in [-0.2, -0.15) is 0 Å². The summed E-state index contributed by atoms with van der Waals surface area (Å²) in [6.45, 7) is 6.51. The van der Waals surface area contributed by atoms with Gasteiger partial charge >= 0.3 is 0 Å². The van der Waals surface area contributed by atoms with Gasteiger partial charge in [-0.3, -0.25) is 0 Å². The Kier molecular flexibility index (Phi) is 5.99. The lowest BCUT2D eigenvalue weighted by molar-refractivity contribution is 0.489. The van der Waals surface area contributed by atoms with E-state index in [-0.39, 0.29) is 0 Å². The topological polar surface area (TPSA) is 24.1 Å². The summed E-state index contributed by atoms with van der Waals surface area (Å²) in [6, 6.07) is 0. The summed E-state index contributed by atoms with van der Waals surface area (Å²) in [7, 11) is 1.95. The summed E-state index contributed by atoms with van der Waals surface area (Å²) in [5.74, 6) is 0.804. The van der Waals surface area contributed by atoms with Crippen molar-refractivity contribution in [3.8, 4) is 0 Å². The molecule has 2 heteroatoms. The first-order valence-corrected chi connectivity index (χ1v) is 3.66. The molecule has 9 heavy (non-hydrogen) atoms. The third-order valence-electron chi connectivity index (χ3n) is 1.49.